The van der Waals surface area contributed by atoms with Crippen LogP contribution >= 0.6 is 0 Å². The van der Waals surface area contributed by atoms with E-state index >= 15 is 0 Å². The monoisotopic (exact) mass is 302 g/mol. The molecule has 3 fully saturated rings. The molecular weight excluding hydrogens is 276 g/mol. The van der Waals surface area contributed by atoms with Gasteiger partial charge in [0.05, 0.1) is 0 Å². The molecule has 0 saturated heterocycles. The Morgan fingerprint density at radius 2 is 2.09 bits per heavy atom. The highest BCUT2D eigenvalue weighted by molar-refractivity contribution is 5.94. The summed E-state index contributed by atoms with van der Waals surface area (Å²) in [6, 6.07) is 7.40. The fourth-order valence-electron chi connectivity index (χ4n) is 4.56. The van der Waals surface area contributed by atoms with Gasteiger partial charge in [-0.2, -0.15) is 0 Å². The third-order valence-corrected chi connectivity index (χ3v) is 6.09. The summed E-state index contributed by atoms with van der Waals surface area (Å²) in [5.74, 6) is 2.08. The second kappa shape index (κ2) is 6.01. The van der Waals surface area contributed by atoms with Crippen LogP contribution in [0.5, 0.6) is 0 Å². The predicted molar refractivity (Wildman–Crippen MR) is 85.5 cm³/mol. The lowest BCUT2D eigenvalue weighted by atomic mass is 9.45. The van der Waals surface area contributed by atoms with Crippen molar-refractivity contribution in [2.24, 2.45) is 23.2 Å². The fourth-order valence-corrected chi connectivity index (χ4v) is 4.56. The van der Waals surface area contributed by atoms with E-state index in [9.17, 15) is 4.79 Å². The normalized spacial score (nSPS) is 28.8. The van der Waals surface area contributed by atoms with Crippen LogP contribution in [0.2, 0.25) is 0 Å². The summed E-state index contributed by atoms with van der Waals surface area (Å²) in [4.78, 5) is 11.7. The number of carbonyl (C=O) groups is 1. The molecule has 4 nitrogen and oxygen atoms in total. The number of hydrogen-bond acceptors (Lipinski definition) is 3. The molecule has 0 radical (unpaired) electrons. The topological polar surface area (TPSA) is 61.4 Å². The first-order valence-electron chi connectivity index (χ1n) is 8.27. The molecule has 1 amide bonds. The first-order chi connectivity index (χ1) is 10.5. The Morgan fingerprint density at radius 1 is 1.32 bits per heavy atom. The number of benzene rings is 1. The number of amides is 1. The van der Waals surface area contributed by atoms with Crippen molar-refractivity contribution in [2.45, 2.75) is 39.7 Å². The summed E-state index contributed by atoms with van der Waals surface area (Å²) in [6.07, 6.45) is 4.08. The van der Waals surface area contributed by atoms with Crippen LogP contribution in [-0.4, -0.2) is 17.7 Å². The highest BCUT2D eigenvalue weighted by Gasteiger charge is 2.53. The Kier molecular flexibility index (Phi) is 4.24. The summed E-state index contributed by atoms with van der Waals surface area (Å²) in [5, 5.41) is 12.3. The van der Waals surface area contributed by atoms with Crippen LogP contribution in [0.15, 0.2) is 24.3 Å². The average Bonchev–Trinajstić information content (AvgIpc) is 2.54. The van der Waals surface area contributed by atoms with Crippen molar-refractivity contribution in [1.29, 1.82) is 0 Å². The molecule has 0 heterocycles. The molecule has 2 bridgehead atoms. The Morgan fingerprint density at radius 3 is 2.77 bits per heavy atom. The zero-order chi connectivity index (χ0) is 15.7. The summed E-state index contributed by atoms with van der Waals surface area (Å²) >= 11 is 0. The molecule has 4 rings (SSSR count). The van der Waals surface area contributed by atoms with Crippen LogP contribution in [0.3, 0.4) is 0 Å². The summed E-state index contributed by atoms with van der Waals surface area (Å²) in [5.41, 5.74) is 3.69. The number of carbonyl (C=O) groups excluding carboxylic acids is 1. The highest BCUT2D eigenvalue weighted by atomic mass is 16.5. The molecule has 3 saturated carbocycles. The molecule has 0 aliphatic heterocycles. The molecule has 4 heteroatoms. The first kappa shape index (κ1) is 15.5. The number of hydroxylamine groups is 1. The standard InChI is InChI=1S/C18H26N2O2/c1-18(2)14-8-7-13(16(18)9-14)11-19-10-12-5-3-4-6-15(12)17(21)20-22/h3-6,13-14,16,19,22H,7-11H2,1-2H3,(H,20,21). The van der Waals surface area contributed by atoms with Gasteiger partial charge >= 0.3 is 0 Å². The van der Waals surface area contributed by atoms with Gasteiger partial charge in [-0.15, -0.1) is 0 Å². The number of fused-ring (bicyclic) bond motifs is 2. The van der Waals surface area contributed by atoms with Crippen LogP contribution in [0.25, 0.3) is 0 Å². The predicted octanol–water partition coefficient (Wildman–Crippen LogP) is 2.97. The molecule has 1 aromatic rings. The maximum atomic E-state index is 11.7. The quantitative estimate of drug-likeness (QED) is 0.579. The Balaban J connectivity index is 1.57. The van der Waals surface area contributed by atoms with Crippen LogP contribution < -0.4 is 10.8 Å². The molecule has 3 atom stereocenters. The van der Waals surface area contributed by atoms with Gasteiger partial charge in [0.2, 0.25) is 0 Å². The van der Waals surface area contributed by atoms with Crippen molar-refractivity contribution in [2.75, 3.05) is 6.54 Å². The highest BCUT2D eigenvalue weighted by Crippen LogP contribution is 2.61. The third-order valence-electron chi connectivity index (χ3n) is 6.09. The average molecular weight is 302 g/mol. The Hall–Kier alpha value is -1.39. The van der Waals surface area contributed by atoms with Crippen molar-refractivity contribution in [3.63, 3.8) is 0 Å². The van der Waals surface area contributed by atoms with Gasteiger partial charge in [-0.25, -0.2) is 5.48 Å². The van der Waals surface area contributed by atoms with Gasteiger partial charge in [-0.1, -0.05) is 32.0 Å². The zero-order valence-electron chi connectivity index (χ0n) is 13.4. The van der Waals surface area contributed by atoms with Gasteiger partial charge < -0.3 is 5.32 Å². The maximum absolute atomic E-state index is 11.7. The molecule has 0 aromatic heterocycles. The van der Waals surface area contributed by atoms with E-state index in [-0.39, 0.29) is 0 Å². The molecular formula is C18H26N2O2. The van der Waals surface area contributed by atoms with E-state index in [1.807, 2.05) is 18.2 Å². The summed E-state index contributed by atoms with van der Waals surface area (Å²) in [6.45, 7) is 6.50. The maximum Gasteiger partial charge on any atom is 0.274 e. The van der Waals surface area contributed by atoms with Crippen molar-refractivity contribution >= 4 is 5.91 Å². The molecule has 0 spiro atoms. The Labute approximate surface area is 132 Å². The van der Waals surface area contributed by atoms with Crippen LogP contribution in [-0.2, 0) is 6.54 Å². The fraction of sp³-hybridized carbons (Fsp3) is 0.611. The van der Waals surface area contributed by atoms with Crippen molar-refractivity contribution in [3.05, 3.63) is 35.4 Å². The van der Waals surface area contributed by atoms with Gasteiger partial charge in [0.1, 0.15) is 0 Å². The SMILES string of the molecule is CC1(C)C2CCC(CNCc3ccccc3C(=O)NO)C1C2. The molecule has 3 unspecified atom stereocenters. The van der Waals surface area contributed by atoms with E-state index in [0.29, 0.717) is 17.5 Å². The van der Waals surface area contributed by atoms with Crippen LogP contribution in [0.4, 0.5) is 0 Å². The largest absolute Gasteiger partial charge is 0.312 e. The van der Waals surface area contributed by atoms with Crippen molar-refractivity contribution < 1.29 is 10.0 Å². The van der Waals surface area contributed by atoms with E-state index in [4.69, 9.17) is 5.21 Å². The molecule has 1 aromatic carbocycles. The lowest BCUT2D eigenvalue weighted by molar-refractivity contribution is -0.103. The minimum atomic E-state index is -0.446. The van der Waals surface area contributed by atoms with E-state index in [0.717, 1.165) is 29.9 Å². The minimum absolute atomic E-state index is 0.446. The number of nitrogens with one attached hydrogen (secondary N) is 2. The molecule has 3 aliphatic rings. The minimum Gasteiger partial charge on any atom is -0.312 e. The summed E-state index contributed by atoms with van der Waals surface area (Å²) < 4.78 is 0. The van der Waals surface area contributed by atoms with Gasteiger partial charge in [-0.05, 0) is 60.6 Å². The van der Waals surface area contributed by atoms with Crippen LogP contribution in [0, 0.1) is 23.2 Å². The second-order valence-electron chi connectivity index (χ2n) is 7.43. The molecule has 22 heavy (non-hydrogen) atoms. The lowest BCUT2D eigenvalue weighted by Crippen LogP contribution is -2.54. The van der Waals surface area contributed by atoms with Gasteiger partial charge in [0.25, 0.3) is 5.91 Å². The van der Waals surface area contributed by atoms with Gasteiger partial charge in [0, 0.05) is 12.1 Å². The van der Waals surface area contributed by atoms with Crippen molar-refractivity contribution in [1.82, 2.24) is 10.8 Å². The van der Waals surface area contributed by atoms with E-state index in [1.54, 1.807) is 11.5 Å². The van der Waals surface area contributed by atoms with Gasteiger partial charge in [-0.3, -0.25) is 10.0 Å². The first-order valence-corrected chi connectivity index (χ1v) is 8.27. The Bertz CT molecular complexity index is 554. The number of hydrogen-bond donors (Lipinski definition) is 3. The van der Waals surface area contributed by atoms with Gasteiger partial charge in [0.15, 0.2) is 0 Å². The molecule has 3 aliphatic carbocycles. The molecule has 120 valence electrons. The molecule has 3 N–H and O–H groups in total. The summed E-state index contributed by atoms with van der Waals surface area (Å²) in [7, 11) is 0. The van der Waals surface area contributed by atoms with E-state index in [2.05, 4.69) is 19.2 Å². The third kappa shape index (κ3) is 2.66. The zero-order valence-corrected chi connectivity index (χ0v) is 13.4. The van der Waals surface area contributed by atoms with Crippen LogP contribution in [0.1, 0.15) is 49.0 Å². The second-order valence-corrected chi connectivity index (χ2v) is 7.43. The smallest absolute Gasteiger partial charge is 0.274 e. The van der Waals surface area contributed by atoms with E-state index < -0.39 is 5.91 Å². The van der Waals surface area contributed by atoms with Crippen molar-refractivity contribution in [3.8, 4) is 0 Å². The number of rotatable bonds is 5. The van der Waals surface area contributed by atoms with E-state index in [1.165, 1.54) is 19.3 Å². The lowest BCUT2D eigenvalue weighted by Gasteiger charge is -2.60.